The van der Waals surface area contributed by atoms with Gasteiger partial charge in [-0.05, 0) is 63.3 Å². The molecule has 0 aliphatic carbocycles. The summed E-state index contributed by atoms with van der Waals surface area (Å²) >= 11 is 0. The lowest BCUT2D eigenvalue weighted by Crippen LogP contribution is -2.32. The molecule has 0 amide bonds. The van der Waals surface area contributed by atoms with E-state index in [-0.39, 0.29) is 0 Å². The molecule has 2 aromatic rings. The molecule has 0 aromatic heterocycles. The van der Waals surface area contributed by atoms with Crippen LogP contribution in [0.5, 0.6) is 5.75 Å². The number of aliphatic imine (C=N–C) groups is 2. The van der Waals surface area contributed by atoms with Gasteiger partial charge in [-0.2, -0.15) is 0 Å². The van der Waals surface area contributed by atoms with Crippen molar-refractivity contribution >= 4 is 11.7 Å². The number of unbranched alkanes of at least 4 members (excludes halogenated alkanes) is 1. The summed E-state index contributed by atoms with van der Waals surface area (Å²) in [5.74, 6) is 3.41. The van der Waals surface area contributed by atoms with Crippen LogP contribution in [0, 0.1) is 6.92 Å². The van der Waals surface area contributed by atoms with Gasteiger partial charge in [0.15, 0.2) is 0 Å². The van der Waals surface area contributed by atoms with Crippen LogP contribution >= 0.6 is 0 Å². The Morgan fingerprint density at radius 2 is 1.73 bits per heavy atom. The lowest BCUT2D eigenvalue weighted by molar-refractivity contribution is 0.301. The molecule has 37 heavy (non-hydrogen) atoms. The summed E-state index contributed by atoms with van der Waals surface area (Å²) in [6.07, 6.45) is 13.4. The zero-order chi connectivity index (χ0) is 26.3. The summed E-state index contributed by atoms with van der Waals surface area (Å²) in [6, 6.07) is 16.7. The number of nitrogens with zero attached hydrogens (tertiary/aromatic N) is 2. The Hall–Kier alpha value is -3.34. The Bertz CT molecular complexity index is 1110. The number of fused-ring (bicyclic) bond motifs is 1. The summed E-state index contributed by atoms with van der Waals surface area (Å²) in [6.45, 7) is 7.89. The van der Waals surface area contributed by atoms with Crippen molar-refractivity contribution in [1.82, 2.24) is 10.6 Å². The smallest absolute Gasteiger partial charge is 0.141 e. The molecule has 0 saturated heterocycles. The highest BCUT2D eigenvalue weighted by Gasteiger charge is 2.11. The molecule has 1 aliphatic rings. The topological polar surface area (TPSA) is 58.0 Å². The summed E-state index contributed by atoms with van der Waals surface area (Å²) < 4.78 is 6.19. The first kappa shape index (κ1) is 28.2. The van der Waals surface area contributed by atoms with E-state index in [1.807, 2.05) is 13.1 Å². The van der Waals surface area contributed by atoms with Crippen LogP contribution in [0.25, 0.3) is 0 Å². The van der Waals surface area contributed by atoms with Crippen LogP contribution in [0.15, 0.2) is 82.1 Å². The molecular weight excluding hydrogens is 456 g/mol. The highest BCUT2D eigenvalue weighted by Crippen LogP contribution is 2.20. The number of allylic oxidation sites excluding steroid dienone is 2. The van der Waals surface area contributed by atoms with E-state index >= 15 is 0 Å². The van der Waals surface area contributed by atoms with Crippen LogP contribution in [0.1, 0.15) is 81.9 Å². The molecule has 1 aliphatic heterocycles. The van der Waals surface area contributed by atoms with Crippen LogP contribution in [-0.2, 0) is 6.54 Å². The van der Waals surface area contributed by atoms with Gasteiger partial charge in [0.1, 0.15) is 23.2 Å². The molecule has 0 atom stereocenters. The molecule has 0 bridgehead atoms. The normalized spacial score (nSPS) is 21.5. The number of rotatable bonds is 3. The third-order valence-corrected chi connectivity index (χ3v) is 6.53. The second-order valence-electron chi connectivity index (χ2n) is 9.71. The van der Waals surface area contributed by atoms with Gasteiger partial charge in [-0.15, -0.1) is 0 Å². The monoisotopic (exact) mass is 500 g/mol. The molecule has 5 nitrogen and oxygen atoms in total. The number of hydrogen-bond acceptors (Lipinski definition) is 4. The molecule has 0 spiro atoms. The Morgan fingerprint density at radius 1 is 0.973 bits per heavy atom. The van der Waals surface area contributed by atoms with Gasteiger partial charge >= 0.3 is 0 Å². The molecule has 3 rings (SSSR count). The highest BCUT2D eigenvalue weighted by atomic mass is 16.5. The number of ether oxygens (including phenoxy) is 1. The van der Waals surface area contributed by atoms with E-state index in [2.05, 4.69) is 91.0 Å². The predicted octanol–water partition coefficient (Wildman–Crippen LogP) is 7.47. The molecule has 0 radical (unpaired) electrons. The average Bonchev–Trinajstić information content (AvgIpc) is 2.91. The Balaban J connectivity index is 2.00. The van der Waals surface area contributed by atoms with Gasteiger partial charge in [-0.25, -0.2) is 4.99 Å². The number of nitrogens with one attached hydrogen (secondary N) is 2. The van der Waals surface area contributed by atoms with Crippen LogP contribution in [0.2, 0.25) is 0 Å². The fourth-order valence-electron chi connectivity index (χ4n) is 4.33. The van der Waals surface area contributed by atoms with E-state index in [4.69, 9.17) is 9.73 Å². The minimum atomic E-state index is 0.643. The van der Waals surface area contributed by atoms with E-state index in [0.717, 1.165) is 72.2 Å². The van der Waals surface area contributed by atoms with E-state index in [1.165, 1.54) is 31.3 Å². The lowest BCUT2D eigenvalue weighted by Gasteiger charge is -2.16. The van der Waals surface area contributed by atoms with E-state index in [1.54, 1.807) is 0 Å². The van der Waals surface area contributed by atoms with Gasteiger partial charge in [0.2, 0.25) is 0 Å². The molecule has 0 fully saturated rings. The van der Waals surface area contributed by atoms with Gasteiger partial charge in [0.05, 0.1) is 6.61 Å². The molecular formula is C32H44N4O. The second kappa shape index (κ2) is 15.7. The summed E-state index contributed by atoms with van der Waals surface area (Å²) in [5, 5.41) is 7.13. The van der Waals surface area contributed by atoms with E-state index in [9.17, 15) is 0 Å². The van der Waals surface area contributed by atoms with Crippen LogP contribution in [0.4, 0.5) is 0 Å². The first-order valence-corrected chi connectivity index (χ1v) is 13.8. The molecule has 5 heteroatoms. The third-order valence-electron chi connectivity index (χ3n) is 6.53. The maximum Gasteiger partial charge on any atom is 0.141 e. The summed E-state index contributed by atoms with van der Waals surface area (Å²) in [5.41, 5.74) is 4.69. The zero-order valence-electron chi connectivity index (χ0n) is 23.1. The highest BCUT2D eigenvalue weighted by molar-refractivity contribution is 6.13. The number of aryl methyl sites for hydroxylation is 1. The quantitative estimate of drug-likeness (QED) is 0.459. The van der Waals surface area contributed by atoms with Crippen molar-refractivity contribution in [2.75, 3.05) is 13.7 Å². The molecule has 2 N–H and O–H groups in total. The molecule has 198 valence electrons. The first-order chi connectivity index (χ1) is 18.1. The molecule has 0 unspecified atom stereocenters. The molecule has 2 aromatic carbocycles. The summed E-state index contributed by atoms with van der Waals surface area (Å²) in [4.78, 5) is 9.68. The fourth-order valence-corrected chi connectivity index (χ4v) is 4.33. The van der Waals surface area contributed by atoms with Crippen LogP contribution in [0.3, 0.4) is 0 Å². The van der Waals surface area contributed by atoms with E-state index in [0.29, 0.717) is 6.54 Å². The van der Waals surface area contributed by atoms with Crippen molar-refractivity contribution in [1.29, 1.82) is 0 Å². The lowest BCUT2D eigenvalue weighted by atomic mass is 10.1. The van der Waals surface area contributed by atoms with Gasteiger partial charge in [0, 0.05) is 24.7 Å². The molecule has 1 heterocycles. The van der Waals surface area contributed by atoms with Crippen LogP contribution in [-0.4, -0.2) is 25.3 Å². The third kappa shape index (κ3) is 9.56. The number of hydrogen-bond donors (Lipinski definition) is 2. The van der Waals surface area contributed by atoms with E-state index < -0.39 is 0 Å². The fraction of sp³-hybridized carbons (Fsp3) is 0.438. The van der Waals surface area contributed by atoms with Crippen LogP contribution < -0.4 is 15.4 Å². The maximum absolute atomic E-state index is 6.19. The van der Waals surface area contributed by atoms with Crippen molar-refractivity contribution in [3.63, 3.8) is 0 Å². The van der Waals surface area contributed by atoms with Gasteiger partial charge in [0.25, 0.3) is 0 Å². The Labute approximate surface area is 223 Å². The first-order valence-electron chi connectivity index (χ1n) is 13.8. The standard InChI is InChI=1S/C32H44N4O/c1-5-6-21-30-34-24-27-18-12-14-20-29(27)37-22-15-9-7-8-10-16-25(2)23-31(33-4)36-32(35-30)28-19-13-11-17-26(28)3/h11-14,17-21,23,34H,5-10,15-16,22,24H2,1-4H3,(H,33,35,36)/b25-23+,30-21+. The van der Waals surface area contributed by atoms with Crippen molar-refractivity contribution < 1.29 is 4.74 Å². The number of amidine groups is 2. The summed E-state index contributed by atoms with van der Waals surface area (Å²) in [7, 11) is 1.83. The zero-order valence-corrected chi connectivity index (χ0v) is 23.1. The number of para-hydroxylation sites is 1. The SMILES string of the molecule is CCC/C=C1/N=C(\c2ccccc2C)NC(=NC)/C=C(\C)CCCCCCCOc2ccccc2CN1. The molecule has 0 saturated carbocycles. The van der Waals surface area contributed by atoms with Crippen molar-refractivity contribution in [2.24, 2.45) is 9.98 Å². The van der Waals surface area contributed by atoms with Crippen molar-refractivity contribution in [3.8, 4) is 5.75 Å². The Morgan fingerprint density at radius 3 is 2.54 bits per heavy atom. The maximum atomic E-state index is 6.19. The number of benzene rings is 2. The van der Waals surface area contributed by atoms with Crippen molar-refractivity contribution in [2.45, 2.75) is 78.7 Å². The largest absolute Gasteiger partial charge is 0.493 e. The second-order valence-corrected chi connectivity index (χ2v) is 9.71. The Kier molecular flexibility index (Phi) is 12.0. The minimum Gasteiger partial charge on any atom is -0.493 e. The van der Waals surface area contributed by atoms with Gasteiger partial charge in [-0.3, -0.25) is 4.99 Å². The minimum absolute atomic E-state index is 0.643. The van der Waals surface area contributed by atoms with Crippen molar-refractivity contribution in [3.05, 3.63) is 88.8 Å². The van der Waals surface area contributed by atoms with Gasteiger partial charge < -0.3 is 15.4 Å². The average molecular weight is 501 g/mol. The van der Waals surface area contributed by atoms with Gasteiger partial charge in [-0.1, -0.05) is 80.6 Å². The predicted molar refractivity (Wildman–Crippen MR) is 157 cm³/mol.